The summed E-state index contributed by atoms with van der Waals surface area (Å²) < 4.78 is 13.2. The third kappa shape index (κ3) is 2.58. The van der Waals surface area contributed by atoms with Gasteiger partial charge in [-0.1, -0.05) is 11.6 Å². The Morgan fingerprint density at radius 1 is 1.14 bits per heavy atom. The highest BCUT2D eigenvalue weighted by molar-refractivity contribution is 6.31. The summed E-state index contributed by atoms with van der Waals surface area (Å²) in [6.07, 6.45) is 7.35. The maximum Gasteiger partial charge on any atom is 0.319 e. The normalized spacial score (nSPS) is 35.5. The van der Waals surface area contributed by atoms with Crippen LogP contribution in [0, 0.1) is 23.6 Å². The van der Waals surface area contributed by atoms with Crippen LogP contribution in [0.25, 0.3) is 0 Å². The number of nitrogens with one attached hydrogen (secondary N) is 2. The fourth-order valence-corrected chi connectivity index (χ4v) is 5.42. The number of halogens is 2. The van der Waals surface area contributed by atoms with Crippen molar-refractivity contribution in [2.45, 2.75) is 44.1 Å². The molecule has 4 aliphatic rings. The molecule has 22 heavy (non-hydrogen) atoms. The van der Waals surface area contributed by atoms with E-state index < -0.39 is 5.82 Å². The van der Waals surface area contributed by atoms with Gasteiger partial charge in [0.1, 0.15) is 5.82 Å². The van der Waals surface area contributed by atoms with Crippen molar-refractivity contribution in [2.24, 2.45) is 17.8 Å². The monoisotopic (exact) mass is 322 g/mol. The second-order valence-electron chi connectivity index (χ2n) is 7.41. The number of hydrogen-bond acceptors (Lipinski definition) is 1. The van der Waals surface area contributed by atoms with Crippen LogP contribution in [0.5, 0.6) is 0 Å². The Balaban J connectivity index is 1.44. The summed E-state index contributed by atoms with van der Waals surface area (Å²) in [6, 6.07) is 4.03. The van der Waals surface area contributed by atoms with Gasteiger partial charge in [0.2, 0.25) is 0 Å². The van der Waals surface area contributed by atoms with E-state index in [-0.39, 0.29) is 16.6 Å². The van der Waals surface area contributed by atoms with E-state index in [2.05, 4.69) is 10.6 Å². The maximum atomic E-state index is 13.2. The Morgan fingerprint density at radius 2 is 1.73 bits per heavy atom. The van der Waals surface area contributed by atoms with Gasteiger partial charge in [-0.05, 0) is 74.5 Å². The lowest BCUT2D eigenvalue weighted by Gasteiger charge is -2.56. The largest absolute Gasteiger partial charge is 0.332 e. The van der Waals surface area contributed by atoms with E-state index >= 15 is 0 Å². The Hall–Kier alpha value is -1.29. The van der Waals surface area contributed by atoms with Crippen molar-refractivity contribution in [3.8, 4) is 0 Å². The van der Waals surface area contributed by atoms with Crippen molar-refractivity contribution in [3.63, 3.8) is 0 Å². The van der Waals surface area contributed by atoms with Crippen LogP contribution in [0.15, 0.2) is 18.2 Å². The smallest absolute Gasteiger partial charge is 0.319 e. The minimum Gasteiger partial charge on any atom is -0.332 e. The summed E-state index contributed by atoms with van der Waals surface area (Å²) in [7, 11) is 0. The molecule has 4 saturated carbocycles. The SMILES string of the molecule is O=C(Nc1ccc(F)c(Cl)c1)NC12CC3CC(CC(C3)C1)C2. The zero-order valence-electron chi connectivity index (χ0n) is 12.4. The van der Waals surface area contributed by atoms with Crippen LogP contribution in [-0.2, 0) is 0 Å². The van der Waals surface area contributed by atoms with Crippen LogP contribution in [0.2, 0.25) is 5.02 Å². The van der Waals surface area contributed by atoms with Gasteiger partial charge < -0.3 is 10.6 Å². The highest BCUT2D eigenvalue weighted by Gasteiger charge is 2.51. The first kappa shape index (κ1) is 14.3. The van der Waals surface area contributed by atoms with Gasteiger partial charge in [0.15, 0.2) is 0 Å². The molecular formula is C17H20ClFN2O. The summed E-state index contributed by atoms with van der Waals surface area (Å²) in [5.74, 6) is 1.87. The molecule has 4 bridgehead atoms. The number of carbonyl (C=O) groups excluding carboxylic acids is 1. The van der Waals surface area contributed by atoms with Crippen molar-refractivity contribution in [1.29, 1.82) is 0 Å². The van der Waals surface area contributed by atoms with E-state index in [1.54, 1.807) is 0 Å². The zero-order valence-corrected chi connectivity index (χ0v) is 13.1. The molecule has 0 aromatic heterocycles. The van der Waals surface area contributed by atoms with E-state index in [1.165, 1.54) is 37.5 Å². The van der Waals surface area contributed by atoms with Gasteiger partial charge in [0.05, 0.1) is 5.02 Å². The molecule has 0 unspecified atom stereocenters. The van der Waals surface area contributed by atoms with Gasteiger partial charge in [-0.15, -0.1) is 0 Å². The molecule has 0 aliphatic heterocycles. The third-order valence-corrected chi connectivity index (χ3v) is 5.88. The fraction of sp³-hybridized carbons (Fsp3) is 0.588. The summed E-state index contributed by atoms with van der Waals surface area (Å²) in [4.78, 5) is 12.3. The van der Waals surface area contributed by atoms with Gasteiger partial charge in [0, 0.05) is 11.2 Å². The summed E-state index contributed by atoms with van der Waals surface area (Å²) in [5, 5.41) is 6.02. The van der Waals surface area contributed by atoms with Crippen molar-refractivity contribution in [2.75, 3.05) is 5.32 Å². The molecule has 2 N–H and O–H groups in total. The number of urea groups is 1. The van der Waals surface area contributed by atoms with Gasteiger partial charge in [-0.2, -0.15) is 0 Å². The van der Waals surface area contributed by atoms with Crippen LogP contribution in [0.3, 0.4) is 0 Å². The van der Waals surface area contributed by atoms with E-state index in [0.29, 0.717) is 5.69 Å². The first-order valence-corrected chi connectivity index (χ1v) is 8.43. The number of hydrogen-bond donors (Lipinski definition) is 2. The number of rotatable bonds is 2. The van der Waals surface area contributed by atoms with E-state index in [0.717, 1.165) is 37.0 Å². The van der Waals surface area contributed by atoms with Gasteiger partial charge in [-0.25, -0.2) is 9.18 Å². The zero-order chi connectivity index (χ0) is 15.3. The van der Waals surface area contributed by atoms with Crippen molar-refractivity contribution >= 4 is 23.3 Å². The second kappa shape index (κ2) is 5.12. The van der Waals surface area contributed by atoms with Crippen molar-refractivity contribution < 1.29 is 9.18 Å². The minimum absolute atomic E-state index is 0.0209. The van der Waals surface area contributed by atoms with Gasteiger partial charge in [0.25, 0.3) is 0 Å². The van der Waals surface area contributed by atoms with Crippen LogP contribution >= 0.6 is 11.6 Å². The van der Waals surface area contributed by atoms with Gasteiger partial charge >= 0.3 is 6.03 Å². The van der Waals surface area contributed by atoms with Gasteiger partial charge in [-0.3, -0.25) is 0 Å². The molecule has 3 nitrogen and oxygen atoms in total. The molecule has 4 aliphatic carbocycles. The maximum absolute atomic E-state index is 13.2. The van der Waals surface area contributed by atoms with E-state index in [4.69, 9.17) is 11.6 Å². The highest BCUT2D eigenvalue weighted by Crippen LogP contribution is 2.55. The molecule has 118 valence electrons. The molecule has 2 amide bonds. The molecule has 1 aromatic rings. The fourth-order valence-electron chi connectivity index (χ4n) is 5.24. The quantitative estimate of drug-likeness (QED) is 0.822. The number of benzene rings is 1. The number of anilines is 1. The van der Waals surface area contributed by atoms with E-state index in [1.807, 2.05) is 0 Å². The Kier molecular flexibility index (Phi) is 3.33. The molecule has 0 saturated heterocycles. The molecule has 1 aromatic carbocycles. The molecule has 5 heteroatoms. The second-order valence-corrected chi connectivity index (χ2v) is 7.81. The first-order chi connectivity index (χ1) is 10.5. The van der Waals surface area contributed by atoms with Crippen LogP contribution < -0.4 is 10.6 Å². The lowest BCUT2D eigenvalue weighted by molar-refractivity contribution is -0.0127. The minimum atomic E-state index is -0.478. The molecule has 0 atom stereocenters. The Morgan fingerprint density at radius 3 is 2.27 bits per heavy atom. The number of carbonyl (C=O) groups is 1. The lowest BCUT2D eigenvalue weighted by Crippen LogP contribution is -2.60. The molecule has 0 radical (unpaired) electrons. The molecule has 0 spiro atoms. The van der Waals surface area contributed by atoms with Crippen molar-refractivity contribution in [1.82, 2.24) is 5.32 Å². The van der Waals surface area contributed by atoms with Crippen molar-refractivity contribution in [3.05, 3.63) is 29.0 Å². The van der Waals surface area contributed by atoms with E-state index in [9.17, 15) is 9.18 Å². The predicted octanol–water partition coefficient (Wildman–Crippen LogP) is 4.57. The topological polar surface area (TPSA) is 41.1 Å². The molecule has 4 fully saturated rings. The van der Waals surface area contributed by atoms with Crippen LogP contribution in [-0.4, -0.2) is 11.6 Å². The Labute approximate surface area is 134 Å². The predicted molar refractivity (Wildman–Crippen MR) is 84.5 cm³/mol. The third-order valence-electron chi connectivity index (χ3n) is 5.59. The average molecular weight is 323 g/mol. The molecule has 0 heterocycles. The molecule has 5 rings (SSSR count). The average Bonchev–Trinajstić information content (AvgIpc) is 2.40. The molecular weight excluding hydrogens is 303 g/mol. The van der Waals surface area contributed by atoms with Crippen LogP contribution in [0.1, 0.15) is 38.5 Å². The summed E-state index contributed by atoms with van der Waals surface area (Å²) in [5.41, 5.74) is 0.497. The summed E-state index contributed by atoms with van der Waals surface area (Å²) in [6.45, 7) is 0. The standard InChI is InChI=1S/C17H20ClFN2O/c18-14-6-13(1-2-15(14)19)20-16(22)21-17-7-10-3-11(8-17)5-12(4-10)9-17/h1-2,6,10-12H,3-5,7-9H2,(H2,20,21,22). The highest BCUT2D eigenvalue weighted by atomic mass is 35.5. The number of amides is 2. The first-order valence-electron chi connectivity index (χ1n) is 8.06. The summed E-state index contributed by atoms with van der Waals surface area (Å²) >= 11 is 5.75. The van der Waals surface area contributed by atoms with Crippen LogP contribution in [0.4, 0.5) is 14.9 Å². The lowest BCUT2D eigenvalue weighted by atomic mass is 9.53. The Bertz CT molecular complexity index is 583.